The molecular weight excluding hydrogens is 306 g/mol. The van der Waals surface area contributed by atoms with Gasteiger partial charge in [0.05, 0.1) is 20.6 Å². The number of carbonyl (C=O) groups excluding carboxylic acids is 1. The number of benzene rings is 1. The van der Waals surface area contributed by atoms with Crippen molar-refractivity contribution in [2.45, 2.75) is 33.1 Å². The molecule has 1 aliphatic rings. The third kappa shape index (κ3) is 3.26. The summed E-state index contributed by atoms with van der Waals surface area (Å²) in [5, 5.41) is 4.40. The summed E-state index contributed by atoms with van der Waals surface area (Å²) >= 11 is 1.72. The smallest absolute Gasteiger partial charge is 0.229 e. The van der Waals surface area contributed by atoms with E-state index in [1.54, 1.807) is 11.3 Å². The summed E-state index contributed by atoms with van der Waals surface area (Å²) in [7, 11) is 0. The van der Waals surface area contributed by atoms with Gasteiger partial charge >= 0.3 is 0 Å². The zero-order valence-corrected chi connectivity index (χ0v) is 14.8. The lowest BCUT2D eigenvalue weighted by molar-refractivity contribution is -0.143. The van der Waals surface area contributed by atoms with Crippen LogP contribution in [-0.2, 0) is 11.2 Å². The lowest BCUT2D eigenvalue weighted by Crippen LogP contribution is -2.52. The van der Waals surface area contributed by atoms with Crippen LogP contribution in [0.15, 0.2) is 24.3 Å². The van der Waals surface area contributed by atoms with Gasteiger partial charge in [0, 0.05) is 32.6 Å². The fourth-order valence-corrected chi connectivity index (χ4v) is 4.48. The summed E-state index contributed by atoms with van der Waals surface area (Å²) in [4.78, 5) is 20.0. The Bertz CT molecular complexity index is 639. The highest BCUT2D eigenvalue weighted by atomic mass is 32.1. The van der Waals surface area contributed by atoms with Crippen molar-refractivity contribution in [3.05, 3.63) is 29.3 Å². The summed E-state index contributed by atoms with van der Waals surface area (Å²) in [6, 6.07) is 8.22. The van der Waals surface area contributed by atoms with Gasteiger partial charge in [-0.2, -0.15) is 0 Å². The van der Waals surface area contributed by atoms with Gasteiger partial charge in [0.1, 0.15) is 0 Å². The van der Waals surface area contributed by atoms with Crippen molar-refractivity contribution in [1.82, 2.24) is 15.2 Å². The molecule has 0 atom stereocenters. The standard InChI is InChI=1S/C18H25N3OS/c1-3-18(4-2,17(22)21-11-9-19-10-12-21)13-16-20-14-7-5-6-8-15(14)23-16/h5-8,19H,3-4,9-13H2,1-2H3. The van der Waals surface area contributed by atoms with Crippen molar-refractivity contribution in [3.63, 3.8) is 0 Å². The SMILES string of the molecule is CCC(CC)(Cc1nc2ccccc2s1)C(=O)N1CCNCC1. The molecule has 1 aromatic carbocycles. The first-order chi connectivity index (χ1) is 11.2. The molecule has 0 aliphatic carbocycles. The number of aromatic nitrogens is 1. The Morgan fingerprint density at radius 1 is 1.26 bits per heavy atom. The highest BCUT2D eigenvalue weighted by molar-refractivity contribution is 7.18. The molecule has 1 aliphatic heterocycles. The van der Waals surface area contributed by atoms with Gasteiger partial charge in [-0.3, -0.25) is 4.79 Å². The molecule has 4 nitrogen and oxygen atoms in total. The highest BCUT2D eigenvalue weighted by Crippen LogP contribution is 2.36. The Morgan fingerprint density at radius 2 is 1.96 bits per heavy atom. The van der Waals surface area contributed by atoms with Gasteiger partial charge in [-0.15, -0.1) is 11.3 Å². The number of nitrogens with zero attached hydrogens (tertiary/aromatic N) is 2. The predicted octanol–water partition coefficient (Wildman–Crippen LogP) is 3.08. The summed E-state index contributed by atoms with van der Waals surface area (Å²) in [5.74, 6) is 0.309. The fourth-order valence-electron chi connectivity index (χ4n) is 3.37. The molecule has 0 bridgehead atoms. The Balaban J connectivity index is 1.85. The molecule has 124 valence electrons. The molecule has 3 rings (SSSR count). The van der Waals surface area contributed by atoms with Gasteiger partial charge in [-0.05, 0) is 25.0 Å². The first-order valence-electron chi connectivity index (χ1n) is 8.53. The minimum Gasteiger partial charge on any atom is -0.340 e. The van der Waals surface area contributed by atoms with Gasteiger partial charge < -0.3 is 10.2 Å². The molecule has 2 heterocycles. The molecule has 1 fully saturated rings. The minimum absolute atomic E-state index is 0.309. The first-order valence-corrected chi connectivity index (χ1v) is 9.35. The minimum atomic E-state index is -0.314. The normalized spacial score (nSPS) is 16.0. The zero-order valence-electron chi connectivity index (χ0n) is 14.0. The van der Waals surface area contributed by atoms with Crippen LogP contribution in [-0.4, -0.2) is 42.0 Å². The van der Waals surface area contributed by atoms with Gasteiger partial charge in [0.15, 0.2) is 0 Å². The lowest BCUT2D eigenvalue weighted by atomic mass is 9.78. The molecule has 0 spiro atoms. The van der Waals surface area contributed by atoms with E-state index in [0.717, 1.165) is 56.0 Å². The van der Waals surface area contributed by atoms with Crippen LogP contribution in [0.3, 0.4) is 0 Å². The van der Waals surface area contributed by atoms with Crippen molar-refractivity contribution in [2.75, 3.05) is 26.2 Å². The van der Waals surface area contributed by atoms with Crippen molar-refractivity contribution in [2.24, 2.45) is 5.41 Å². The number of rotatable bonds is 5. The van der Waals surface area contributed by atoms with Crippen LogP contribution in [0.25, 0.3) is 10.2 Å². The molecule has 1 N–H and O–H groups in total. The molecule has 23 heavy (non-hydrogen) atoms. The number of hydrogen-bond donors (Lipinski definition) is 1. The van der Waals surface area contributed by atoms with Gasteiger partial charge in [-0.25, -0.2) is 4.98 Å². The number of nitrogens with one attached hydrogen (secondary N) is 1. The molecule has 0 unspecified atom stereocenters. The van der Waals surface area contributed by atoms with E-state index in [-0.39, 0.29) is 5.41 Å². The van der Waals surface area contributed by atoms with Gasteiger partial charge in [0.25, 0.3) is 0 Å². The van der Waals surface area contributed by atoms with E-state index >= 15 is 0 Å². The molecule has 1 aromatic heterocycles. The monoisotopic (exact) mass is 331 g/mol. The second kappa shape index (κ2) is 6.97. The van der Waals surface area contributed by atoms with E-state index in [4.69, 9.17) is 4.98 Å². The molecule has 0 radical (unpaired) electrons. The van der Waals surface area contributed by atoms with E-state index in [9.17, 15) is 4.79 Å². The number of para-hydroxylation sites is 1. The van der Waals surface area contributed by atoms with Crippen LogP contribution in [0.1, 0.15) is 31.7 Å². The average molecular weight is 331 g/mol. The third-order valence-electron chi connectivity index (χ3n) is 5.04. The summed E-state index contributed by atoms with van der Waals surface area (Å²) < 4.78 is 1.21. The first kappa shape index (κ1) is 16.4. The topological polar surface area (TPSA) is 45.2 Å². The third-order valence-corrected chi connectivity index (χ3v) is 6.08. The Kier molecular flexibility index (Phi) is 4.97. The largest absolute Gasteiger partial charge is 0.340 e. The number of hydrogen-bond acceptors (Lipinski definition) is 4. The molecule has 2 aromatic rings. The molecule has 5 heteroatoms. The Hall–Kier alpha value is -1.46. The van der Waals surface area contributed by atoms with Crippen molar-refractivity contribution >= 4 is 27.5 Å². The van der Waals surface area contributed by atoms with E-state index in [2.05, 4.69) is 25.2 Å². The van der Waals surface area contributed by atoms with E-state index in [1.165, 1.54) is 4.70 Å². The van der Waals surface area contributed by atoms with Gasteiger partial charge in [0.2, 0.25) is 5.91 Å². The number of piperazine rings is 1. The maximum Gasteiger partial charge on any atom is 0.229 e. The molecular formula is C18H25N3OS. The maximum absolute atomic E-state index is 13.2. The Labute approximate surface area is 141 Å². The van der Waals surface area contributed by atoms with Crippen LogP contribution in [0.5, 0.6) is 0 Å². The van der Waals surface area contributed by atoms with Crippen LogP contribution >= 0.6 is 11.3 Å². The predicted molar refractivity (Wildman–Crippen MR) is 95.8 cm³/mol. The molecule has 0 saturated carbocycles. The van der Waals surface area contributed by atoms with E-state index in [1.807, 2.05) is 23.1 Å². The second-order valence-electron chi connectivity index (χ2n) is 6.28. The second-order valence-corrected chi connectivity index (χ2v) is 7.40. The quantitative estimate of drug-likeness (QED) is 0.916. The zero-order chi connectivity index (χ0) is 16.3. The van der Waals surface area contributed by atoms with Gasteiger partial charge in [-0.1, -0.05) is 26.0 Å². The van der Waals surface area contributed by atoms with Crippen LogP contribution < -0.4 is 5.32 Å². The lowest BCUT2D eigenvalue weighted by Gasteiger charge is -2.37. The number of thiazole rings is 1. The number of fused-ring (bicyclic) bond motifs is 1. The van der Waals surface area contributed by atoms with Crippen LogP contribution in [0.4, 0.5) is 0 Å². The van der Waals surface area contributed by atoms with Crippen molar-refractivity contribution < 1.29 is 4.79 Å². The number of amides is 1. The summed E-state index contributed by atoms with van der Waals surface area (Å²) in [5.41, 5.74) is 0.730. The Morgan fingerprint density at radius 3 is 2.61 bits per heavy atom. The number of carbonyl (C=O) groups is 1. The average Bonchev–Trinajstić information content (AvgIpc) is 3.02. The van der Waals surface area contributed by atoms with E-state index in [0.29, 0.717) is 5.91 Å². The highest BCUT2D eigenvalue weighted by Gasteiger charge is 2.39. The summed E-state index contributed by atoms with van der Waals surface area (Å²) in [6.07, 6.45) is 2.48. The molecule has 1 saturated heterocycles. The van der Waals surface area contributed by atoms with Crippen LogP contribution in [0.2, 0.25) is 0 Å². The molecule has 1 amide bonds. The van der Waals surface area contributed by atoms with Crippen molar-refractivity contribution in [3.8, 4) is 0 Å². The maximum atomic E-state index is 13.2. The van der Waals surface area contributed by atoms with Crippen LogP contribution in [0, 0.1) is 5.41 Å². The summed E-state index contributed by atoms with van der Waals surface area (Å²) in [6.45, 7) is 7.71. The fraction of sp³-hybridized carbons (Fsp3) is 0.556. The van der Waals surface area contributed by atoms with Crippen molar-refractivity contribution in [1.29, 1.82) is 0 Å². The van der Waals surface area contributed by atoms with E-state index < -0.39 is 0 Å².